The summed E-state index contributed by atoms with van der Waals surface area (Å²) in [7, 11) is 0. The predicted molar refractivity (Wildman–Crippen MR) is 569 cm³/mol. The minimum Gasteiger partial charge on any atom is -0.342 e. The van der Waals surface area contributed by atoms with Gasteiger partial charge >= 0.3 is 0 Å². The lowest BCUT2D eigenvalue weighted by atomic mass is 9.96. The molecule has 5 heterocycles. The first-order valence-electron chi connectivity index (χ1n) is 47.6. The molecule has 0 unspecified atom stereocenters. The SMILES string of the molecule is CC(=O)Nc1ccc(CC(=O)[C@H](Cc2ccccc2)NC(=O)/C=C/c2cc(Cl)ccc2-n2cnnn2)cc1F.Cc1ccc(CC(=O)[C@@H](Cc2ccccc2)NC(=O)/C=C/c2cc(Cl)ccc2-n2cnnn2)cc1.Cc1ccc2c(c1)CCN(C(=O)[C@H](Cc1ccccc1)NC(=O)/C=C/c1cc(Cl)ccc1-n1cnnn1)C2.O=C(/C=C/c1cc(Cl)ccc1-n1cnnn1)N[C@@H](Cc1ccccc1)C(=O)Cc1ccc2c(c1)C(=O)CC2. The number of carbonyl (C=O) groups is 10. The zero-order chi connectivity index (χ0) is 105. The van der Waals surface area contributed by atoms with Gasteiger partial charge in [-0.2, -0.15) is 18.7 Å². The average Bonchev–Trinajstić information content (AvgIpc) is 1.43. The van der Waals surface area contributed by atoms with Crippen molar-refractivity contribution >= 4 is 135 Å². The zero-order valence-electron chi connectivity index (χ0n) is 81.3. The maximum Gasteiger partial charge on any atom is 0.245 e. The van der Waals surface area contributed by atoms with E-state index >= 15 is 0 Å². The fourth-order valence-electron chi connectivity index (χ4n) is 16.8. The van der Waals surface area contributed by atoms with Crippen molar-refractivity contribution in [1.29, 1.82) is 0 Å². The number of rotatable bonds is 35. The fraction of sp³-hybridized carbons (Fsp3) is 0.168. The standard InChI is InChI=1S/C29H27ClN6O2.C29H24ClN5O3.C28H24ClFN6O3.C27H24ClN5O2/c1-20-7-8-24-18-35(14-13-22(24)15-20)29(38)26(16-21-5-3-2-4-6-21)32-28(37)12-9-23-17-25(30)10-11-27(23)36-19-31-33-34-36;30-23-10-11-26(35-18-31-33-34-35)22(17-23)9-13-29(38)32-25(15-19-4-2-1-3-5-19)28(37)16-20-6-7-21-8-12-27(36)24(21)14-20;1-18(37)32-24-10-7-20(13-23(24)30)15-27(38)25(14-19-5-3-2-4-6-19)33-28(39)12-8-21-16-22(29)9-11-26(21)36-17-31-34-35-36;1-19-7-9-21(10-8-19)16-26(34)24(15-20-5-3-2-4-6-20)30-27(35)14-11-22-17-23(28)12-13-25(22)33-18-29-31-32-33/h2-12,15,17,19,26H,13-14,16,18H2,1H3,(H,32,37);1-7,9-11,13-14,17-18,25H,8,12,15-16H2,(H,32,38);2-13,16-17,25H,14-15H2,1H3,(H,32,37)(H,33,39);2-14,17-18,24H,15-16H2,1H3,(H,30,35)/b12-9+;13-9+;12-8+;14-11+/t26-;2*25-;24-/m0001/s1. The second kappa shape index (κ2) is 52.5. The van der Waals surface area contributed by atoms with Crippen molar-refractivity contribution in [3.8, 4) is 22.7 Å². The van der Waals surface area contributed by atoms with Crippen LogP contribution in [0.2, 0.25) is 20.1 Å². The fourth-order valence-corrected chi connectivity index (χ4v) is 17.5. The van der Waals surface area contributed by atoms with Crippen molar-refractivity contribution in [2.75, 3.05) is 11.9 Å². The van der Waals surface area contributed by atoms with Gasteiger partial charge in [0.15, 0.2) is 23.1 Å². The normalized spacial score (nSPS) is 12.7. The highest BCUT2D eigenvalue weighted by molar-refractivity contribution is 6.32. The Morgan fingerprint density at radius 3 is 1.06 bits per heavy atom. The van der Waals surface area contributed by atoms with Crippen LogP contribution < -0.4 is 26.6 Å². The molecular formula is C113H99Cl4FN22O10. The highest BCUT2D eigenvalue weighted by Crippen LogP contribution is 2.30. The molecule has 6 amide bonds. The summed E-state index contributed by atoms with van der Waals surface area (Å²) < 4.78 is 20.3. The van der Waals surface area contributed by atoms with Gasteiger partial charge in [0.1, 0.15) is 37.2 Å². The van der Waals surface area contributed by atoms with Crippen LogP contribution in [0.25, 0.3) is 47.1 Å². The number of amides is 6. The number of nitrogens with zero attached hydrogens (tertiary/aromatic N) is 17. The Hall–Kier alpha value is -17.5. The molecule has 150 heavy (non-hydrogen) atoms. The summed E-state index contributed by atoms with van der Waals surface area (Å²) in [5.74, 6) is -3.24. The number of nitrogens with one attached hydrogen (secondary N) is 5. The smallest absolute Gasteiger partial charge is 0.245 e. The van der Waals surface area contributed by atoms with Gasteiger partial charge in [-0.25, -0.2) is 4.39 Å². The average molecular weight is 2090 g/mol. The van der Waals surface area contributed by atoms with Gasteiger partial charge in [0.05, 0.1) is 46.6 Å². The summed E-state index contributed by atoms with van der Waals surface area (Å²) in [6.07, 6.45) is 21.3. The van der Waals surface area contributed by atoms with Crippen molar-refractivity contribution in [1.82, 2.24) is 107 Å². The third-order valence-electron chi connectivity index (χ3n) is 24.2. The summed E-state index contributed by atoms with van der Waals surface area (Å²) in [5.41, 5.74) is 17.4. The van der Waals surface area contributed by atoms with E-state index < -0.39 is 47.7 Å². The van der Waals surface area contributed by atoms with Gasteiger partial charge in [-0.1, -0.05) is 240 Å². The summed E-state index contributed by atoms with van der Waals surface area (Å²) in [6.45, 7) is 6.50. The topological polar surface area (TPSA) is 408 Å². The van der Waals surface area contributed by atoms with E-state index in [9.17, 15) is 52.3 Å². The molecule has 18 rings (SSSR count). The van der Waals surface area contributed by atoms with Crippen molar-refractivity contribution in [2.24, 2.45) is 0 Å². The minimum atomic E-state index is -0.874. The van der Waals surface area contributed by atoms with Crippen LogP contribution in [-0.2, 0) is 107 Å². The molecule has 12 aromatic carbocycles. The van der Waals surface area contributed by atoms with Crippen LogP contribution in [0.1, 0.15) is 113 Å². The van der Waals surface area contributed by atoms with Crippen molar-refractivity contribution in [3.05, 3.63) is 443 Å². The number of anilines is 1. The molecule has 0 fully saturated rings. The number of Topliss-reactive ketones (excluding diaryl/α,β-unsaturated/α-hetero) is 4. The lowest BCUT2D eigenvalue weighted by Crippen LogP contribution is -2.50. The lowest BCUT2D eigenvalue weighted by Gasteiger charge is -2.32. The first-order chi connectivity index (χ1) is 72.7. The molecule has 0 spiro atoms. The van der Waals surface area contributed by atoms with E-state index in [2.05, 4.69) is 114 Å². The van der Waals surface area contributed by atoms with Gasteiger partial charge in [-0.3, -0.25) is 47.9 Å². The van der Waals surface area contributed by atoms with E-state index in [1.54, 1.807) is 103 Å². The molecular weight excluding hydrogens is 1990 g/mol. The number of hydrogen-bond acceptors (Lipinski definition) is 22. The molecule has 16 aromatic rings. The molecule has 0 saturated heterocycles. The Morgan fingerprint density at radius 2 is 0.693 bits per heavy atom. The van der Waals surface area contributed by atoms with Crippen LogP contribution in [0.4, 0.5) is 10.1 Å². The van der Waals surface area contributed by atoms with Crippen LogP contribution >= 0.6 is 46.4 Å². The Labute approximate surface area is 881 Å². The molecule has 0 saturated carbocycles. The number of carbonyl (C=O) groups excluding carboxylic acids is 10. The van der Waals surface area contributed by atoms with E-state index in [0.717, 1.165) is 62.9 Å². The molecule has 37 heteroatoms. The molecule has 1 aliphatic heterocycles. The number of hydrogen-bond donors (Lipinski definition) is 5. The van der Waals surface area contributed by atoms with E-state index in [1.807, 2.05) is 176 Å². The quantitative estimate of drug-likeness (QED) is 0.0230. The highest BCUT2D eigenvalue weighted by Gasteiger charge is 2.31. The maximum atomic E-state index is 14.4. The van der Waals surface area contributed by atoms with Crippen LogP contribution in [0, 0.1) is 19.7 Å². The van der Waals surface area contributed by atoms with Crippen LogP contribution in [-0.4, -0.2) is 175 Å². The van der Waals surface area contributed by atoms with Gasteiger partial charge in [-0.15, -0.1) is 20.4 Å². The number of benzene rings is 12. The molecule has 5 N–H and O–H groups in total. The number of fused-ring (bicyclic) bond motifs is 2. The van der Waals surface area contributed by atoms with E-state index in [-0.39, 0.29) is 72.2 Å². The molecule has 756 valence electrons. The number of aromatic nitrogens is 16. The van der Waals surface area contributed by atoms with Gasteiger partial charge in [0.25, 0.3) is 0 Å². The maximum absolute atomic E-state index is 14.4. The molecule has 0 bridgehead atoms. The summed E-state index contributed by atoms with van der Waals surface area (Å²) in [5, 5.41) is 60.6. The van der Waals surface area contributed by atoms with Crippen LogP contribution in [0.15, 0.2) is 323 Å². The molecule has 4 atom stereocenters. The summed E-state index contributed by atoms with van der Waals surface area (Å²) in [6, 6.07) is 79.7. The van der Waals surface area contributed by atoms with Gasteiger partial charge in [0.2, 0.25) is 35.4 Å². The van der Waals surface area contributed by atoms with E-state index in [4.69, 9.17) is 46.4 Å². The number of aryl methyl sites for hydroxylation is 3. The summed E-state index contributed by atoms with van der Waals surface area (Å²) in [4.78, 5) is 131. The van der Waals surface area contributed by atoms with Gasteiger partial charge < -0.3 is 31.5 Å². The molecule has 32 nitrogen and oxygen atoms in total. The van der Waals surface area contributed by atoms with Crippen molar-refractivity contribution in [3.63, 3.8) is 0 Å². The first kappa shape index (κ1) is 107. The largest absolute Gasteiger partial charge is 0.342 e. The highest BCUT2D eigenvalue weighted by atomic mass is 35.5. The van der Waals surface area contributed by atoms with Crippen LogP contribution in [0.5, 0.6) is 0 Å². The Balaban J connectivity index is 0.000000150. The Morgan fingerprint density at radius 1 is 0.353 bits per heavy atom. The monoisotopic (exact) mass is 2080 g/mol. The zero-order valence-corrected chi connectivity index (χ0v) is 84.3. The number of ketones is 4. The number of tetrazole rings is 4. The van der Waals surface area contributed by atoms with E-state index in [0.29, 0.717) is 115 Å². The minimum absolute atomic E-state index is 0.0278. The molecule has 4 aromatic heterocycles. The Bertz CT molecular complexity index is 7600. The predicted octanol–water partition coefficient (Wildman–Crippen LogP) is 16.1. The Kier molecular flexibility index (Phi) is 37.4. The summed E-state index contributed by atoms with van der Waals surface area (Å²) >= 11 is 24.7. The lowest BCUT2D eigenvalue weighted by molar-refractivity contribution is -0.136. The second-order valence-corrected chi connectivity index (χ2v) is 37.0. The third-order valence-corrected chi connectivity index (χ3v) is 25.2. The number of halogens is 5. The molecule has 2 aliphatic rings. The van der Waals surface area contributed by atoms with Crippen molar-refractivity contribution in [2.45, 2.75) is 116 Å². The van der Waals surface area contributed by atoms with Crippen LogP contribution in [0.3, 0.4) is 0 Å². The molecule has 0 radical (unpaired) electrons. The van der Waals surface area contributed by atoms with Gasteiger partial charge in [-0.05, 0) is 259 Å². The van der Waals surface area contributed by atoms with Crippen molar-refractivity contribution < 1.29 is 52.3 Å². The first-order valence-corrected chi connectivity index (χ1v) is 49.1. The van der Waals surface area contributed by atoms with E-state index in [1.165, 1.54) is 98.5 Å². The third kappa shape index (κ3) is 31.0. The van der Waals surface area contributed by atoms with Gasteiger partial charge in [0, 0.05) is 124 Å². The second-order valence-electron chi connectivity index (χ2n) is 35.3. The molecule has 1 aliphatic carbocycles.